The number of hydrogen-bond acceptors (Lipinski definition) is 1. The van der Waals surface area contributed by atoms with Crippen LogP contribution in [0.3, 0.4) is 0 Å². The van der Waals surface area contributed by atoms with E-state index in [0.717, 1.165) is 5.56 Å². The first-order chi connectivity index (χ1) is 7.46. The Labute approximate surface area is 110 Å². The van der Waals surface area contributed by atoms with Gasteiger partial charge in [-0.2, -0.15) is 0 Å². The molecule has 0 fully saturated rings. The molecule has 1 rings (SSSR count). The van der Waals surface area contributed by atoms with Gasteiger partial charge in [0.25, 0.3) is 0 Å². The van der Waals surface area contributed by atoms with Crippen LogP contribution in [0.5, 0.6) is 0 Å². The first-order valence-electron chi connectivity index (χ1n) is 4.84. The van der Waals surface area contributed by atoms with Gasteiger partial charge >= 0.3 is 6.00 Å². The molecule has 2 nitrogen and oxygen atoms in total. The highest BCUT2D eigenvalue weighted by Gasteiger charge is 2.30. The van der Waals surface area contributed by atoms with Crippen molar-refractivity contribution in [3.05, 3.63) is 35.9 Å². The molecule has 0 radical (unpaired) electrons. The van der Waals surface area contributed by atoms with E-state index in [-0.39, 0.29) is 6.04 Å². The zero-order valence-electron chi connectivity index (χ0n) is 8.81. The Balaban J connectivity index is 2.92. The summed E-state index contributed by atoms with van der Waals surface area (Å²) in [5.41, 5.74) is 1.01. The molecule has 90 valence electrons. The zero-order valence-corrected chi connectivity index (χ0v) is 12.0. The summed E-state index contributed by atoms with van der Waals surface area (Å²) in [5, 5.41) is 0. The van der Waals surface area contributed by atoms with Crippen molar-refractivity contribution in [3.8, 4) is 0 Å². The number of alkyl halides is 1. The highest BCUT2D eigenvalue weighted by Crippen LogP contribution is 2.62. The van der Waals surface area contributed by atoms with Gasteiger partial charge in [0.15, 0.2) is 0 Å². The quantitative estimate of drug-likeness (QED) is 0.571. The Kier molecular flexibility index (Phi) is 5.63. The van der Waals surface area contributed by atoms with Gasteiger partial charge in [0.2, 0.25) is 0 Å². The maximum absolute atomic E-state index is 11.7. The summed E-state index contributed by atoms with van der Waals surface area (Å²) in [7, 11) is 0. The highest BCUT2D eigenvalue weighted by molar-refractivity contribution is 8.06. The summed E-state index contributed by atoms with van der Waals surface area (Å²) < 4.78 is 13.2. The maximum Gasteiger partial charge on any atom is 0.322 e. The lowest BCUT2D eigenvalue weighted by Gasteiger charge is -2.28. The zero-order chi connectivity index (χ0) is 12.2. The van der Waals surface area contributed by atoms with Crippen molar-refractivity contribution >= 4 is 40.1 Å². The second-order valence-corrected chi connectivity index (χ2v) is 8.40. The van der Waals surface area contributed by atoms with Gasteiger partial charge in [-0.15, -0.1) is 11.6 Å². The van der Waals surface area contributed by atoms with Crippen LogP contribution in [0.2, 0.25) is 0 Å². The van der Waals surface area contributed by atoms with Gasteiger partial charge < -0.3 is 0 Å². The molecule has 1 unspecified atom stereocenters. The summed E-state index contributed by atoms with van der Waals surface area (Å²) in [6.45, 7) is 2.29. The van der Waals surface area contributed by atoms with E-state index >= 15 is 0 Å². The van der Waals surface area contributed by atoms with E-state index in [1.807, 2.05) is 37.3 Å². The molecule has 0 aliphatic carbocycles. The van der Waals surface area contributed by atoms with E-state index < -0.39 is 6.00 Å². The molecule has 1 aromatic carbocycles. The molecule has 0 amide bonds. The number of hydrogen-bond donors (Lipinski definition) is 0. The molecule has 16 heavy (non-hydrogen) atoms. The Morgan fingerprint density at radius 1 is 1.31 bits per heavy atom. The lowest BCUT2D eigenvalue weighted by molar-refractivity contribution is 0.372. The molecule has 0 aliphatic rings. The standard InChI is InChI=1S/C10H13Cl3NOP/c1-9(10-5-3-2-4-6-10)14(8-7-11)16(12,13)15/h2-6,9H,7-8H2,1H3. The van der Waals surface area contributed by atoms with Crippen LogP contribution in [-0.2, 0) is 4.57 Å². The van der Waals surface area contributed by atoms with Crippen molar-refractivity contribution in [2.45, 2.75) is 13.0 Å². The summed E-state index contributed by atoms with van der Waals surface area (Å²) >= 11 is 17.1. The van der Waals surface area contributed by atoms with Gasteiger partial charge in [-0.3, -0.25) is 4.57 Å². The van der Waals surface area contributed by atoms with Crippen molar-refractivity contribution in [2.75, 3.05) is 12.4 Å². The van der Waals surface area contributed by atoms with Gasteiger partial charge in [-0.05, 0) is 35.0 Å². The minimum atomic E-state index is -3.32. The van der Waals surface area contributed by atoms with Crippen LogP contribution in [0, 0.1) is 0 Å². The Morgan fingerprint density at radius 2 is 1.88 bits per heavy atom. The molecular formula is C10H13Cl3NOP. The van der Waals surface area contributed by atoms with Crippen molar-refractivity contribution < 1.29 is 4.57 Å². The molecular weight excluding hydrogens is 287 g/mol. The Bertz CT molecular complexity index is 368. The summed E-state index contributed by atoms with van der Waals surface area (Å²) in [6.07, 6.45) is 0. The van der Waals surface area contributed by atoms with Crippen LogP contribution in [0.15, 0.2) is 30.3 Å². The number of nitrogens with zero attached hydrogens (tertiary/aromatic N) is 1. The van der Waals surface area contributed by atoms with E-state index in [1.54, 1.807) is 0 Å². The fourth-order valence-corrected chi connectivity index (χ4v) is 3.91. The molecule has 0 bridgehead atoms. The first kappa shape index (κ1) is 14.3. The minimum Gasteiger partial charge on any atom is -0.271 e. The summed E-state index contributed by atoms with van der Waals surface area (Å²) in [6, 6.07) is 9.50. The predicted octanol–water partition coefficient (Wildman–Crippen LogP) is 4.87. The van der Waals surface area contributed by atoms with Crippen molar-refractivity contribution in [1.29, 1.82) is 0 Å². The average Bonchev–Trinajstić information content (AvgIpc) is 2.25. The van der Waals surface area contributed by atoms with E-state index in [1.165, 1.54) is 4.67 Å². The average molecular weight is 301 g/mol. The van der Waals surface area contributed by atoms with E-state index in [4.69, 9.17) is 34.1 Å². The third-order valence-electron chi connectivity index (χ3n) is 2.34. The molecule has 1 atom stereocenters. The molecule has 1 aromatic rings. The fourth-order valence-electron chi connectivity index (χ4n) is 1.50. The van der Waals surface area contributed by atoms with Gasteiger partial charge in [-0.25, -0.2) is 4.67 Å². The molecule has 0 spiro atoms. The van der Waals surface area contributed by atoms with Crippen LogP contribution < -0.4 is 0 Å². The third-order valence-corrected chi connectivity index (χ3v) is 4.82. The smallest absolute Gasteiger partial charge is 0.271 e. The van der Waals surface area contributed by atoms with Gasteiger partial charge in [0.05, 0.1) is 0 Å². The van der Waals surface area contributed by atoms with E-state index in [2.05, 4.69) is 0 Å². The monoisotopic (exact) mass is 299 g/mol. The second kappa shape index (κ2) is 6.28. The Hall–Kier alpha value is 0.280. The minimum absolute atomic E-state index is 0.124. The summed E-state index contributed by atoms with van der Waals surface area (Å²) in [4.78, 5) is 0. The highest BCUT2D eigenvalue weighted by atomic mass is 35.9. The third kappa shape index (κ3) is 3.94. The van der Waals surface area contributed by atoms with Crippen LogP contribution in [-0.4, -0.2) is 17.1 Å². The number of halogens is 3. The molecule has 6 heteroatoms. The van der Waals surface area contributed by atoms with Crippen LogP contribution in [0.25, 0.3) is 0 Å². The number of rotatable bonds is 5. The van der Waals surface area contributed by atoms with E-state index in [0.29, 0.717) is 12.4 Å². The first-order valence-corrected chi connectivity index (χ1v) is 8.84. The molecule has 0 saturated heterocycles. The fraction of sp³-hybridized carbons (Fsp3) is 0.400. The molecule has 0 N–H and O–H groups in total. The van der Waals surface area contributed by atoms with Crippen LogP contribution >= 0.6 is 40.1 Å². The normalized spacial score (nSPS) is 14.1. The van der Waals surface area contributed by atoms with Crippen molar-refractivity contribution in [1.82, 2.24) is 4.67 Å². The Morgan fingerprint density at radius 3 is 2.31 bits per heavy atom. The molecule has 0 saturated carbocycles. The maximum atomic E-state index is 11.7. The van der Waals surface area contributed by atoms with Gasteiger partial charge in [0, 0.05) is 18.5 Å². The van der Waals surface area contributed by atoms with E-state index in [9.17, 15) is 4.57 Å². The van der Waals surface area contributed by atoms with Crippen molar-refractivity contribution in [3.63, 3.8) is 0 Å². The van der Waals surface area contributed by atoms with Crippen LogP contribution in [0.1, 0.15) is 18.5 Å². The largest absolute Gasteiger partial charge is 0.322 e. The van der Waals surface area contributed by atoms with Crippen LogP contribution in [0.4, 0.5) is 0 Å². The number of benzene rings is 1. The second-order valence-electron chi connectivity index (χ2n) is 3.37. The lowest BCUT2D eigenvalue weighted by Crippen LogP contribution is -2.23. The summed E-state index contributed by atoms with van der Waals surface area (Å²) in [5.74, 6) is -2.99. The molecule has 0 heterocycles. The predicted molar refractivity (Wildman–Crippen MR) is 71.6 cm³/mol. The van der Waals surface area contributed by atoms with Gasteiger partial charge in [0.1, 0.15) is 0 Å². The lowest BCUT2D eigenvalue weighted by atomic mass is 10.1. The molecule has 0 aromatic heterocycles. The van der Waals surface area contributed by atoms with Gasteiger partial charge in [-0.1, -0.05) is 30.3 Å². The molecule has 0 aliphatic heterocycles. The SMILES string of the molecule is CC(c1ccccc1)N(CCCl)P(=O)(Cl)Cl. The topological polar surface area (TPSA) is 20.3 Å². The van der Waals surface area contributed by atoms with Crippen molar-refractivity contribution in [2.24, 2.45) is 0 Å².